The standard InChI is InChI=1S/C19H29N3O3/c1-4-10-24-19(23)22-9-8-17(14-22)25-18-11-16(12-21-13-18)7-5-6-15(2)20-3/h5,7,11-13,15,17,20H,4,6,8-10,14H2,1-3H3/t15-,17+/m0/s1. The zero-order valence-corrected chi connectivity index (χ0v) is 15.4. The zero-order chi connectivity index (χ0) is 18.1. The Morgan fingerprint density at radius 1 is 1.52 bits per heavy atom. The van der Waals surface area contributed by atoms with Crippen molar-refractivity contribution in [3.63, 3.8) is 0 Å². The first-order valence-corrected chi connectivity index (χ1v) is 8.99. The van der Waals surface area contributed by atoms with E-state index in [-0.39, 0.29) is 12.2 Å². The summed E-state index contributed by atoms with van der Waals surface area (Å²) in [6.07, 6.45) is 10.0. The minimum atomic E-state index is -0.249. The van der Waals surface area contributed by atoms with Gasteiger partial charge in [0.05, 0.1) is 19.3 Å². The van der Waals surface area contributed by atoms with Gasteiger partial charge in [0.2, 0.25) is 0 Å². The van der Waals surface area contributed by atoms with Gasteiger partial charge < -0.3 is 19.7 Å². The highest BCUT2D eigenvalue weighted by Crippen LogP contribution is 2.20. The average molecular weight is 347 g/mol. The lowest BCUT2D eigenvalue weighted by molar-refractivity contribution is 0.105. The molecule has 0 unspecified atom stereocenters. The van der Waals surface area contributed by atoms with Crippen molar-refractivity contribution in [2.75, 3.05) is 26.7 Å². The zero-order valence-electron chi connectivity index (χ0n) is 15.4. The number of hydrogen-bond acceptors (Lipinski definition) is 5. The molecule has 2 rings (SSSR count). The van der Waals surface area contributed by atoms with Gasteiger partial charge in [-0.25, -0.2) is 4.79 Å². The average Bonchev–Trinajstić information content (AvgIpc) is 3.08. The van der Waals surface area contributed by atoms with Gasteiger partial charge in [-0.2, -0.15) is 0 Å². The molecular weight excluding hydrogens is 318 g/mol. The Balaban J connectivity index is 1.85. The molecule has 2 heterocycles. The minimum absolute atomic E-state index is 0.0143. The Morgan fingerprint density at radius 3 is 3.12 bits per heavy atom. The van der Waals surface area contributed by atoms with Gasteiger partial charge in [0.15, 0.2) is 0 Å². The normalized spacial score (nSPS) is 18.5. The molecule has 0 aliphatic carbocycles. The first kappa shape index (κ1) is 19.2. The fourth-order valence-corrected chi connectivity index (χ4v) is 2.58. The van der Waals surface area contributed by atoms with Gasteiger partial charge >= 0.3 is 6.09 Å². The van der Waals surface area contributed by atoms with Crippen LogP contribution in [0.25, 0.3) is 6.08 Å². The number of hydrogen-bond donors (Lipinski definition) is 1. The van der Waals surface area contributed by atoms with Crippen molar-refractivity contribution in [3.05, 3.63) is 30.1 Å². The summed E-state index contributed by atoms with van der Waals surface area (Å²) in [5.41, 5.74) is 1.01. The van der Waals surface area contributed by atoms with Gasteiger partial charge in [0.1, 0.15) is 11.9 Å². The van der Waals surface area contributed by atoms with E-state index in [1.807, 2.05) is 26.2 Å². The number of carbonyl (C=O) groups is 1. The summed E-state index contributed by atoms with van der Waals surface area (Å²) in [6.45, 7) is 5.81. The van der Waals surface area contributed by atoms with Crippen molar-refractivity contribution in [1.82, 2.24) is 15.2 Å². The van der Waals surface area contributed by atoms with E-state index < -0.39 is 0 Å². The second kappa shape index (κ2) is 10.0. The molecule has 1 aromatic rings. The molecule has 1 saturated heterocycles. The number of rotatable bonds is 8. The van der Waals surface area contributed by atoms with E-state index in [1.165, 1.54) is 0 Å². The van der Waals surface area contributed by atoms with Crippen LogP contribution in [0, 0.1) is 0 Å². The van der Waals surface area contributed by atoms with E-state index in [9.17, 15) is 4.79 Å². The molecule has 2 atom stereocenters. The number of nitrogens with zero attached hydrogens (tertiary/aromatic N) is 2. The number of aromatic nitrogens is 1. The molecule has 1 fully saturated rings. The molecule has 1 N–H and O–H groups in total. The lowest BCUT2D eigenvalue weighted by Crippen LogP contribution is -2.31. The van der Waals surface area contributed by atoms with Crippen LogP contribution in [-0.4, -0.2) is 54.9 Å². The molecule has 1 aromatic heterocycles. The highest BCUT2D eigenvalue weighted by molar-refractivity contribution is 5.68. The van der Waals surface area contributed by atoms with E-state index in [1.54, 1.807) is 11.1 Å². The molecule has 0 bridgehead atoms. The summed E-state index contributed by atoms with van der Waals surface area (Å²) in [6, 6.07) is 2.42. The van der Waals surface area contributed by atoms with Crippen LogP contribution in [0.3, 0.4) is 0 Å². The number of carbonyl (C=O) groups excluding carboxylic acids is 1. The van der Waals surface area contributed by atoms with Crippen molar-refractivity contribution < 1.29 is 14.3 Å². The third-order valence-corrected chi connectivity index (χ3v) is 4.16. The molecule has 0 aromatic carbocycles. The molecule has 0 saturated carbocycles. The van der Waals surface area contributed by atoms with Crippen molar-refractivity contribution >= 4 is 12.2 Å². The fraction of sp³-hybridized carbons (Fsp3) is 0.579. The monoisotopic (exact) mass is 347 g/mol. The molecule has 0 radical (unpaired) electrons. The van der Waals surface area contributed by atoms with E-state index >= 15 is 0 Å². The van der Waals surface area contributed by atoms with Crippen LogP contribution in [-0.2, 0) is 4.74 Å². The Bertz CT molecular complexity index is 577. The second-order valence-corrected chi connectivity index (χ2v) is 6.37. The van der Waals surface area contributed by atoms with Gasteiger partial charge in [0, 0.05) is 25.2 Å². The molecule has 1 amide bonds. The van der Waals surface area contributed by atoms with E-state index in [4.69, 9.17) is 9.47 Å². The largest absolute Gasteiger partial charge is 0.487 e. The van der Waals surface area contributed by atoms with Crippen LogP contribution in [0.15, 0.2) is 24.5 Å². The topological polar surface area (TPSA) is 63.7 Å². The Labute approximate surface area is 150 Å². The fourth-order valence-electron chi connectivity index (χ4n) is 2.58. The van der Waals surface area contributed by atoms with Crippen LogP contribution in [0.4, 0.5) is 4.79 Å². The Hall–Kier alpha value is -2.08. The lowest BCUT2D eigenvalue weighted by Gasteiger charge is -2.17. The van der Waals surface area contributed by atoms with Gasteiger partial charge in [-0.05, 0) is 38.4 Å². The molecule has 6 heteroatoms. The van der Waals surface area contributed by atoms with Gasteiger partial charge in [-0.1, -0.05) is 19.1 Å². The molecular formula is C19H29N3O3. The third-order valence-electron chi connectivity index (χ3n) is 4.16. The summed E-state index contributed by atoms with van der Waals surface area (Å²) in [4.78, 5) is 17.8. The van der Waals surface area contributed by atoms with Crippen molar-refractivity contribution in [2.24, 2.45) is 0 Å². The van der Waals surface area contributed by atoms with Crippen LogP contribution >= 0.6 is 0 Å². The highest BCUT2D eigenvalue weighted by atomic mass is 16.6. The maximum Gasteiger partial charge on any atom is 0.409 e. The Morgan fingerprint density at radius 2 is 2.36 bits per heavy atom. The molecule has 0 spiro atoms. The Kier molecular flexibility index (Phi) is 7.73. The number of amides is 1. The van der Waals surface area contributed by atoms with E-state index in [0.717, 1.165) is 30.6 Å². The van der Waals surface area contributed by atoms with E-state index in [2.05, 4.69) is 29.4 Å². The van der Waals surface area contributed by atoms with Crippen LogP contribution in [0.5, 0.6) is 5.75 Å². The molecule has 25 heavy (non-hydrogen) atoms. The summed E-state index contributed by atoms with van der Waals surface area (Å²) in [5, 5.41) is 3.20. The number of pyridine rings is 1. The summed E-state index contributed by atoms with van der Waals surface area (Å²) >= 11 is 0. The molecule has 1 aliphatic heterocycles. The number of likely N-dealkylation sites (tertiary alicyclic amines) is 1. The van der Waals surface area contributed by atoms with Crippen molar-refractivity contribution in [1.29, 1.82) is 0 Å². The van der Waals surface area contributed by atoms with Gasteiger partial charge in [-0.15, -0.1) is 0 Å². The smallest absolute Gasteiger partial charge is 0.409 e. The third kappa shape index (κ3) is 6.38. The SMILES string of the molecule is CCCOC(=O)N1CC[C@@H](Oc2cncc(C=CC[C@H](C)NC)c2)C1. The maximum atomic E-state index is 11.9. The van der Waals surface area contributed by atoms with Gasteiger partial charge in [-0.3, -0.25) is 4.98 Å². The summed E-state index contributed by atoms with van der Waals surface area (Å²) < 4.78 is 11.2. The number of ether oxygens (including phenoxy) is 2. The first-order chi connectivity index (χ1) is 12.1. The van der Waals surface area contributed by atoms with Crippen LogP contribution in [0.1, 0.15) is 38.7 Å². The molecule has 6 nitrogen and oxygen atoms in total. The maximum absolute atomic E-state index is 11.9. The second-order valence-electron chi connectivity index (χ2n) is 6.37. The van der Waals surface area contributed by atoms with E-state index in [0.29, 0.717) is 25.7 Å². The first-order valence-electron chi connectivity index (χ1n) is 8.99. The number of nitrogens with one attached hydrogen (secondary N) is 1. The van der Waals surface area contributed by atoms with Crippen LogP contribution < -0.4 is 10.1 Å². The van der Waals surface area contributed by atoms with Crippen molar-refractivity contribution in [2.45, 2.75) is 45.3 Å². The summed E-state index contributed by atoms with van der Waals surface area (Å²) in [7, 11) is 1.96. The van der Waals surface area contributed by atoms with Gasteiger partial charge in [0.25, 0.3) is 0 Å². The molecule has 138 valence electrons. The quantitative estimate of drug-likeness (QED) is 0.783. The highest BCUT2D eigenvalue weighted by Gasteiger charge is 2.28. The predicted molar refractivity (Wildman–Crippen MR) is 98.7 cm³/mol. The molecule has 1 aliphatic rings. The minimum Gasteiger partial charge on any atom is -0.487 e. The van der Waals surface area contributed by atoms with Crippen molar-refractivity contribution in [3.8, 4) is 5.75 Å². The lowest BCUT2D eigenvalue weighted by atomic mass is 10.2. The van der Waals surface area contributed by atoms with Crippen LogP contribution in [0.2, 0.25) is 0 Å². The summed E-state index contributed by atoms with van der Waals surface area (Å²) in [5.74, 6) is 0.734. The predicted octanol–water partition coefficient (Wildman–Crippen LogP) is 3.09.